The highest BCUT2D eigenvalue weighted by atomic mass is 16.6. The van der Waals surface area contributed by atoms with Crippen molar-refractivity contribution in [2.24, 2.45) is 0 Å². The first kappa shape index (κ1) is 18.5. The van der Waals surface area contributed by atoms with E-state index in [9.17, 15) is 9.59 Å². The molecular formula is C17H23NO5. The molecule has 0 aliphatic rings. The zero-order valence-electron chi connectivity index (χ0n) is 14.1. The second kappa shape index (κ2) is 7.67. The molecular weight excluding hydrogens is 298 g/mol. The van der Waals surface area contributed by atoms with E-state index < -0.39 is 23.7 Å². The van der Waals surface area contributed by atoms with Gasteiger partial charge in [0.05, 0.1) is 25.8 Å². The molecule has 126 valence electrons. The molecule has 23 heavy (non-hydrogen) atoms. The largest absolute Gasteiger partial charge is 0.497 e. The Balaban J connectivity index is 3.03. The van der Waals surface area contributed by atoms with Crippen molar-refractivity contribution in [1.29, 1.82) is 0 Å². The molecule has 0 aromatic heterocycles. The summed E-state index contributed by atoms with van der Waals surface area (Å²) in [5.74, 6) is 0.0512. The summed E-state index contributed by atoms with van der Waals surface area (Å²) in [6.45, 7) is 8.98. The second-order valence-electron chi connectivity index (χ2n) is 5.87. The van der Waals surface area contributed by atoms with Crippen molar-refractivity contribution >= 4 is 12.1 Å². The quantitative estimate of drug-likeness (QED) is 0.666. The average molecular weight is 321 g/mol. The lowest BCUT2D eigenvalue weighted by Crippen LogP contribution is -2.36. The van der Waals surface area contributed by atoms with Gasteiger partial charge in [0.15, 0.2) is 0 Å². The van der Waals surface area contributed by atoms with Crippen molar-refractivity contribution in [2.45, 2.75) is 32.4 Å². The highest BCUT2D eigenvalue weighted by Crippen LogP contribution is 2.24. The Morgan fingerprint density at radius 3 is 2.13 bits per heavy atom. The molecule has 0 saturated carbocycles. The molecule has 6 heteroatoms. The first-order valence-corrected chi connectivity index (χ1v) is 7.08. The lowest BCUT2D eigenvalue weighted by atomic mass is 10.00. The minimum atomic E-state index is -0.761. The Bertz CT molecular complexity index is 572. The molecule has 0 aliphatic carbocycles. The van der Waals surface area contributed by atoms with Crippen LogP contribution in [0.25, 0.3) is 0 Å². The Kier molecular flexibility index (Phi) is 6.18. The van der Waals surface area contributed by atoms with Crippen LogP contribution in [0.4, 0.5) is 4.79 Å². The smallest absolute Gasteiger partial charge is 0.408 e. The van der Waals surface area contributed by atoms with Gasteiger partial charge in [-0.1, -0.05) is 18.7 Å². The number of carbonyl (C=O) groups is 2. The van der Waals surface area contributed by atoms with Crippen molar-refractivity contribution in [3.05, 3.63) is 42.0 Å². The topological polar surface area (TPSA) is 73.9 Å². The van der Waals surface area contributed by atoms with Gasteiger partial charge in [0, 0.05) is 0 Å². The van der Waals surface area contributed by atoms with Crippen LogP contribution in [-0.2, 0) is 14.3 Å². The van der Waals surface area contributed by atoms with Crippen LogP contribution in [0.5, 0.6) is 5.75 Å². The van der Waals surface area contributed by atoms with Crippen molar-refractivity contribution in [1.82, 2.24) is 5.32 Å². The lowest BCUT2D eigenvalue weighted by Gasteiger charge is -2.24. The van der Waals surface area contributed by atoms with Gasteiger partial charge in [0.25, 0.3) is 0 Å². The zero-order valence-corrected chi connectivity index (χ0v) is 14.1. The Hall–Kier alpha value is -2.50. The maximum absolute atomic E-state index is 12.0. The highest BCUT2D eigenvalue weighted by molar-refractivity contribution is 5.90. The first-order chi connectivity index (χ1) is 10.7. The molecule has 0 bridgehead atoms. The van der Waals surface area contributed by atoms with Crippen molar-refractivity contribution < 1.29 is 23.8 Å². The van der Waals surface area contributed by atoms with Gasteiger partial charge in [0.1, 0.15) is 11.4 Å². The maximum atomic E-state index is 12.0. The van der Waals surface area contributed by atoms with Crippen molar-refractivity contribution in [2.75, 3.05) is 14.2 Å². The number of benzene rings is 1. The van der Waals surface area contributed by atoms with Gasteiger partial charge in [-0.25, -0.2) is 9.59 Å². The van der Waals surface area contributed by atoms with E-state index in [1.54, 1.807) is 52.1 Å². The number of nitrogens with one attached hydrogen (secondary N) is 1. The summed E-state index contributed by atoms with van der Waals surface area (Å²) < 4.78 is 15.0. The molecule has 0 spiro atoms. The summed E-state index contributed by atoms with van der Waals surface area (Å²) in [5, 5.41) is 2.64. The standard InChI is InChI=1S/C17H23NO5/c1-11(15(19)22-6)14(18-16(20)23-17(2,3)4)12-7-9-13(21-5)10-8-12/h7-10,14H,1H2,2-6H3,(H,18,20)/t14-/m1/s1. The number of ether oxygens (including phenoxy) is 3. The van der Waals surface area contributed by atoms with Crippen LogP contribution in [0.1, 0.15) is 32.4 Å². The van der Waals surface area contributed by atoms with Gasteiger partial charge < -0.3 is 19.5 Å². The summed E-state index contributed by atoms with van der Waals surface area (Å²) in [6.07, 6.45) is -0.650. The Labute approximate surface area is 136 Å². The molecule has 0 heterocycles. The summed E-state index contributed by atoms with van der Waals surface area (Å²) in [5.41, 5.74) is 0.108. The number of amides is 1. The fourth-order valence-electron chi connectivity index (χ4n) is 1.84. The molecule has 0 radical (unpaired) electrons. The van der Waals surface area contributed by atoms with Gasteiger partial charge in [-0.3, -0.25) is 0 Å². The van der Waals surface area contributed by atoms with Crippen molar-refractivity contribution in [3.63, 3.8) is 0 Å². The van der Waals surface area contributed by atoms with E-state index in [4.69, 9.17) is 9.47 Å². The fraction of sp³-hybridized carbons (Fsp3) is 0.412. The van der Waals surface area contributed by atoms with E-state index >= 15 is 0 Å². The van der Waals surface area contributed by atoms with Crippen molar-refractivity contribution in [3.8, 4) is 5.75 Å². The molecule has 1 amide bonds. The van der Waals surface area contributed by atoms with E-state index in [1.165, 1.54) is 7.11 Å². The number of methoxy groups -OCH3 is 2. The minimum absolute atomic E-state index is 0.100. The van der Waals surface area contributed by atoms with Crippen LogP contribution in [0.15, 0.2) is 36.4 Å². The number of rotatable bonds is 5. The van der Waals surface area contributed by atoms with Crippen LogP contribution in [-0.4, -0.2) is 31.9 Å². The van der Waals surface area contributed by atoms with Crippen LogP contribution < -0.4 is 10.1 Å². The molecule has 0 aliphatic heterocycles. The first-order valence-electron chi connectivity index (χ1n) is 7.08. The molecule has 1 N–H and O–H groups in total. The summed E-state index contributed by atoms with van der Waals surface area (Å²) in [7, 11) is 2.81. The summed E-state index contributed by atoms with van der Waals surface area (Å²) >= 11 is 0. The van der Waals surface area contributed by atoms with E-state index in [-0.39, 0.29) is 5.57 Å². The summed E-state index contributed by atoms with van der Waals surface area (Å²) in [6, 6.07) is 6.15. The van der Waals surface area contributed by atoms with Gasteiger partial charge in [-0.15, -0.1) is 0 Å². The van der Waals surface area contributed by atoms with Crippen LogP contribution in [0.2, 0.25) is 0 Å². The SMILES string of the molecule is C=C(C(=O)OC)[C@@H](NC(=O)OC(C)(C)C)c1ccc(OC)cc1. The molecule has 1 atom stereocenters. The van der Waals surface area contributed by atoms with Gasteiger partial charge in [-0.05, 0) is 38.5 Å². The predicted octanol–water partition coefficient (Wildman–Crippen LogP) is 2.99. The van der Waals surface area contributed by atoms with E-state index in [0.717, 1.165) is 0 Å². The number of esters is 1. The number of hydrogen-bond donors (Lipinski definition) is 1. The number of carbonyl (C=O) groups excluding carboxylic acids is 2. The lowest BCUT2D eigenvalue weighted by molar-refractivity contribution is -0.136. The molecule has 1 aromatic carbocycles. The summed E-state index contributed by atoms with van der Waals surface area (Å²) in [4.78, 5) is 23.8. The minimum Gasteiger partial charge on any atom is -0.497 e. The molecule has 0 saturated heterocycles. The maximum Gasteiger partial charge on any atom is 0.408 e. The van der Waals surface area contributed by atoms with Gasteiger partial charge >= 0.3 is 12.1 Å². The average Bonchev–Trinajstić information content (AvgIpc) is 2.49. The molecule has 6 nitrogen and oxygen atoms in total. The van der Waals surface area contributed by atoms with Gasteiger partial charge in [0.2, 0.25) is 0 Å². The fourth-order valence-corrected chi connectivity index (χ4v) is 1.84. The third kappa shape index (κ3) is 5.65. The van der Waals surface area contributed by atoms with Crippen LogP contribution in [0.3, 0.4) is 0 Å². The van der Waals surface area contributed by atoms with E-state index in [1.807, 2.05) is 0 Å². The van der Waals surface area contributed by atoms with Crippen LogP contribution >= 0.6 is 0 Å². The zero-order chi connectivity index (χ0) is 17.6. The third-order valence-corrected chi connectivity index (χ3v) is 2.91. The monoisotopic (exact) mass is 321 g/mol. The third-order valence-electron chi connectivity index (χ3n) is 2.91. The second-order valence-corrected chi connectivity index (χ2v) is 5.87. The molecule has 0 unspecified atom stereocenters. The molecule has 1 rings (SSSR count). The predicted molar refractivity (Wildman–Crippen MR) is 86.3 cm³/mol. The molecule has 0 fully saturated rings. The number of alkyl carbamates (subject to hydrolysis) is 1. The molecule has 1 aromatic rings. The van der Waals surface area contributed by atoms with E-state index in [2.05, 4.69) is 16.6 Å². The Morgan fingerprint density at radius 1 is 1.13 bits per heavy atom. The van der Waals surface area contributed by atoms with Crippen LogP contribution in [0, 0.1) is 0 Å². The normalized spacial score (nSPS) is 12.0. The number of hydrogen-bond acceptors (Lipinski definition) is 5. The Morgan fingerprint density at radius 2 is 1.70 bits per heavy atom. The highest BCUT2D eigenvalue weighted by Gasteiger charge is 2.26. The van der Waals surface area contributed by atoms with E-state index in [0.29, 0.717) is 11.3 Å². The van der Waals surface area contributed by atoms with Gasteiger partial charge in [-0.2, -0.15) is 0 Å².